The molecule has 0 aliphatic carbocycles. The summed E-state index contributed by atoms with van der Waals surface area (Å²) < 4.78 is 4.99. The molecule has 26 heavy (non-hydrogen) atoms. The van der Waals surface area contributed by atoms with Crippen LogP contribution in [0.3, 0.4) is 0 Å². The average molecular weight is 355 g/mol. The van der Waals surface area contributed by atoms with Crippen molar-refractivity contribution in [2.45, 2.75) is 25.3 Å². The molecule has 3 aromatic heterocycles. The smallest absolute Gasteiger partial charge is 0.316 e. The van der Waals surface area contributed by atoms with Crippen molar-refractivity contribution in [2.75, 3.05) is 31.7 Å². The molecule has 10 heteroatoms. The molecule has 0 bridgehead atoms. The Labute approximate surface area is 150 Å². The van der Waals surface area contributed by atoms with E-state index in [1.165, 1.54) is 0 Å². The van der Waals surface area contributed by atoms with Gasteiger partial charge in [-0.15, -0.1) is 0 Å². The van der Waals surface area contributed by atoms with E-state index in [1.54, 1.807) is 7.11 Å². The zero-order valence-corrected chi connectivity index (χ0v) is 14.5. The third-order valence-corrected chi connectivity index (χ3v) is 4.66. The van der Waals surface area contributed by atoms with Crippen LogP contribution in [-0.2, 0) is 6.54 Å². The van der Waals surface area contributed by atoms with E-state index < -0.39 is 0 Å². The van der Waals surface area contributed by atoms with Crippen LogP contribution in [0.25, 0.3) is 11.2 Å². The molecule has 0 atom stereocenters. The molecule has 0 spiro atoms. The Morgan fingerprint density at radius 3 is 2.58 bits per heavy atom. The van der Waals surface area contributed by atoms with Gasteiger partial charge in [-0.05, 0) is 25.9 Å². The van der Waals surface area contributed by atoms with E-state index in [0.29, 0.717) is 28.9 Å². The number of methoxy groups -OCH3 is 1. The van der Waals surface area contributed by atoms with Crippen molar-refractivity contribution in [1.29, 1.82) is 0 Å². The van der Waals surface area contributed by atoms with Gasteiger partial charge < -0.3 is 21.2 Å². The zero-order valence-electron chi connectivity index (χ0n) is 14.5. The highest BCUT2D eigenvalue weighted by Gasteiger charge is 2.24. The Morgan fingerprint density at radius 1 is 1.15 bits per heavy atom. The number of aromatic nitrogens is 6. The highest BCUT2D eigenvalue weighted by molar-refractivity contribution is 5.82. The third-order valence-electron chi connectivity index (χ3n) is 4.66. The summed E-state index contributed by atoms with van der Waals surface area (Å²) in [5.74, 6) is 1.72. The number of piperidine rings is 1. The van der Waals surface area contributed by atoms with Crippen LogP contribution >= 0.6 is 0 Å². The van der Waals surface area contributed by atoms with Gasteiger partial charge in [-0.3, -0.25) is 4.90 Å². The van der Waals surface area contributed by atoms with Gasteiger partial charge in [0.05, 0.1) is 7.11 Å². The van der Waals surface area contributed by atoms with Crippen LogP contribution in [0.1, 0.15) is 30.1 Å². The van der Waals surface area contributed by atoms with Crippen molar-refractivity contribution >= 4 is 22.9 Å². The van der Waals surface area contributed by atoms with Crippen molar-refractivity contribution in [2.24, 2.45) is 0 Å². The number of nitrogens with zero attached hydrogens (tertiary/aromatic N) is 6. The number of fused-ring (bicyclic) bond motifs is 1. The molecule has 0 radical (unpaired) electrons. The quantitative estimate of drug-likeness (QED) is 0.615. The van der Waals surface area contributed by atoms with E-state index in [2.05, 4.69) is 34.8 Å². The lowest BCUT2D eigenvalue weighted by Gasteiger charge is -2.30. The minimum atomic E-state index is 0.143. The van der Waals surface area contributed by atoms with Crippen LogP contribution in [0.15, 0.2) is 12.4 Å². The summed E-state index contributed by atoms with van der Waals surface area (Å²) in [5, 5.41) is 0. The Bertz CT molecular complexity index is 900. The van der Waals surface area contributed by atoms with E-state index in [4.69, 9.17) is 16.2 Å². The number of anilines is 2. The first-order chi connectivity index (χ1) is 12.6. The predicted octanol–water partition coefficient (Wildman–Crippen LogP) is 0.695. The van der Waals surface area contributed by atoms with Crippen molar-refractivity contribution in [3.63, 3.8) is 0 Å². The summed E-state index contributed by atoms with van der Waals surface area (Å²) in [7, 11) is 1.56. The van der Waals surface area contributed by atoms with Gasteiger partial charge in [0.15, 0.2) is 11.5 Å². The number of nitrogen functional groups attached to an aromatic ring is 2. The molecule has 0 saturated carbocycles. The number of aromatic amines is 1. The van der Waals surface area contributed by atoms with E-state index in [-0.39, 0.29) is 5.95 Å². The molecule has 10 nitrogen and oxygen atoms in total. The molecule has 3 aromatic rings. The molecular formula is C16H21N9O. The van der Waals surface area contributed by atoms with Crippen LogP contribution in [0, 0.1) is 0 Å². The molecule has 5 N–H and O–H groups in total. The molecule has 4 heterocycles. The first-order valence-electron chi connectivity index (χ1n) is 8.48. The van der Waals surface area contributed by atoms with Crippen molar-refractivity contribution in [1.82, 2.24) is 34.8 Å². The summed E-state index contributed by atoms with van der Waals surface area (Å²) in [6.07, 6.45) is 5.62. The fourth-order valence-corrected chi connectivity index (χ4v) is 3.30. The van der Waals surface area contributed by atoms with Gasteiger partial charge >= 0.3 is 6.01 Å². The lowest BCUT2D eigenvalue weighted by molar-refractivity contribution is 0.201. The molecule has 0 amide bonds. The number of hydrogen-bond donors (Lipinski definition) is 3. The number of rotatable bonds is 4. The lowest BCUT2D eigenvalue weighted by atomic mass is 9.96. The summed E-state index contributed by atoms with van der Waals surface area (Å²) in [4.78, 5) is 26.7. The fraction of sp³-hybridized carbons (Fsp3) is 0.438. The number of likely N-dealkylation sites (tertiary alicyclic amines) is 1. The third kappa shape index (κ3) is 3.23. The standard InChI is InChI=1S/C16H21N9O/c1-26-16-19-6-9(7-20-16)8-25-4-2-10(3-5-25)13-21-11-12(17)22-15(18)24-14(11)23-13/h6-7,10H,2-5,8H2,1H3,(H5,17,18,21,22,23,24). The molecule has 1 aliphatic heterocycles. The molecule has 4 rings (SSSR count). The second-order valence-electron chi connectivity index (χ2n) is 6.42. The largest absolute Gasteiger partial charge is 0.467 e. The van der Waals surface area contributed by atoms with Crippen molar-refractivity contribution in [3.8, 4) is 6.01 Å². The van der Waals surface area contributed by atoms with Gasteiger partial charge in [-0.2, -0.15) is 9.97 Å². The first kappa shape index (κ1) is 16.5. The molecular weight excluding hydrogens is 334 g/mol. The highest BCUT2D eigenvalue weighted by Crippen LogP contribution is 2.29. The fourth-order valence-electron chi connectivity index (χ4n) is 3.30. The normalized spacial score (nSPS) is 16.2. The van der Waals surface area contributed by atoms with Crippen LogP contribution in [0.4, 0.5) is 11.8 Å². The van der Waals surface area contributed by atoms with E-state index in [1.807, 2.05) is 12.4 Å². The Hall–Kier alpha value is -3.01. The number of nitrogens with one attached hydrogen (secondary N) is 1. The minimum Gasteiger partial charge on any atom is -0.467 e. The maximum absolute atomic E-state index is 5.90. The topological polar surface area (TPSA) is 145 Å². The van der Waals surface area contributed by atoms with Gasteiger partial charge in [0.2, 0.25) is 5.95 Å². The van der Waals surface area contributed by atoms with E-state index >= 15 is 0 Å². The van der Waals surface area contributed by atoms with Crippen molar-refractivity contribution < 1.29 is 4.74 Å². The minimum absolute atomic E-state index is 0.143. The van der Waals surface area contributed by atoms with Gasteiger partial charge in [0.1, 0.15) is 11.3 Å². The Morgan fingerprint density at radius 2 is 1.88 bits per heavy atom. The summed E-state index contributed by atoms with van der Waals surface area (Å²) >= 11 is 0. The van der Waals surface area contributed by atoms with Crippen LogP contribution in [0.2, 0.25) is 0 Å². The number of imidazole rings is 1. The molecule has 1 fully saturated rings. The average Bonchev–Trinajstić information content (AvgIpc) is 3.07. The monoisotopic (exact) mass is 355 g/mol. The second-order valence-corrected chi connectivity index (χ2v) is 6.42. The molecule has 1 saturated heterocycles. The van der Waals surface area contributed by atoms with Gasteiger partial charge in [0.25, 0.3) is 0 Å². The second kappa shape index (κ2) is 6.71. The maximum Gasteiger partial charge on any atom is 0.316 e. The Balaban J connectivity index is 1.40. The van der Waals surface area contributed by atoms with Gasteiger partial charge in [-0.25, -0.2) is 15.0 Å². The SMILES string of the molecule is COc1ncc(CN2CCC(c3nc4nc(N)nc(N)c4[nH]3)CC2)cn1. The van der Waals surface area contributed by atoms with E-state index in [9.17, 15) is 0 Å². The summed E-state index contributed by atoms with van der Waals surface area (Å²) in [6, 6.07) is 0.389. The van der Waals surface area contributed by atoms with Gasteiger partial charge in [0, 0.05) is 30.4 Å². The lowest BCUT2D eigenvalue weighted by Crippen LogP contribution is -2.32. The Kier molecular flexibility index (Phi) is 4.25. The molecule has 0 unspecified atom stereocenters. The molecule has 0 aromatic carbocycles. The first-order valence-corrected chi connectivity index (χ1v) is 8.48. The number of ether oxygens (including phenoxy) is 1. The maximum atomic E-state index is 5.90. The molecule has 1 aliphatic rings. The summed E-state index contributed by atoms with van der Waals surface area (Å²) in [6.45, 7) is 2.76. The van der Waals surface area contributed by atoms with Crippen LogP contribution in [0.5, 0.6) is 6.01 Å². The van der Waals surface area contributed by atoms with Crippen LogP contribution in [-0.4, -0.2) is 55.0 Å². The highest BCUT2D eigenvalue weighted by atomic mass is 16.5. The van der Waals surface area contributed by atoms with Crippen LogP contribution < -0.4 is 16.2 Å². The predicted molar refractivity (Wildman–Crippen MR) is 96.3 cm³/mol. The zero-order chi connectivity index (χ0) is 18.1. The number of hydrogen-bond acceptors (Lipinski definition) is 9. The van der Waals surface area contributed by atoms with Gasteiger partial charge in [-0.1, -0.05) is 0 Å². The number of H-pyrrole nitrogens is 1. The molecule has 136 valence electrons. The van der Waals surface area contributed by atoms with E-state index in [0.717, 1.165) is 43.9 Å². The van der Waals surface area contributed by atoms with Crippen molar-refractivity contribution in [3.05, 3.63) is 23.8 Å². The summed E-state index contributed by atoms with van der Waals surface area (Å²) in [5.41, 5.74) is 13.8. The number of nitrogens with two attached hydrogens (primary N) is 2.